The molecule has 0 spiro atoms. The summed E-state index contributed by atoms with van der Waals surface area (Å²) in [6.07, 6.45) is 0. The average molecular weight is 320 g/mol. The van der Waals surface area contributed by atoms with Gasteiger partial charge in [0.2, 0.25) is 0 Å². The highest BCUT2D eigenvalue weighted by Crippen LogP contribution is 2.26. The van der Waals surface area contributed by atoms with Gasteiger partial charge in [0.05, 0.1) is 7.11 Å². The number of halogens is 1. The zero-order valence-corrected chi connectivity index (χ0v) is 13.1. The molecule has 0 atom stereocenters. The molecular weight excluding hydrogens is 302 g/mol. The summed E-state index contributed by atoms with van der Waals surface area (Å²) in [5.74, 6) is 0.920. The van der Waals surface area contributed by atoms with Crippen LogP contribution in [0.1, 0.15) is 11.1 Å². The van der Waals surface area contributed by atoms with Crippen LogP contribution in [0.3, 0.4) is 0 Å². The first-order valence-electron chi connectivity index (χ1n) is 6.21. The van der Waals surface area contributed by atoms with Crippen molar-refractivity contribution in [2.75, 3.05) is 19.1 Å². The van der Waals surface area contributed by atoms with E-state index in [1.807, 2.05) is 12.1 Å². The van der Waals surface area contributed by atoms with Gasteiger partial charge >= 0.3 is 0 Å². The van der Waals surface area contributed by atoms with E-state index >= 15 is 0 Å². The number of hydrogen-bond donors (Lipinski definition) is 0. The molecule has 2 aromatic carbocycles. The largest absolute Gasteiger partial charge is 0.496 e. The van der Waals surface area contributed by atoms with Gasteiger partial charge in [0, 0.05) is 29.3 Å². The van der Waals surface area contributed by atoms with Crippen molar-refractivity contribution in [3.63, 3.8) is 0 Å². The number of anilines is 1. The summed E-state index contributed by atoms with van der Waals surface area (Å²) < 4.78 is 6.49. The Kier molecular flexibility index (Phi) is 4.48. The fourth-order valence-corrected chi connectivity index (χ4v) is 2.61. The first-order valence-corrected chi connectivity index (χ1v) is 7.00. The average Bonchev–Trinajstić information content (AvgIpc) is 2.39. The standard InChI is InChI=1S/C16H18BrNO/c1-12-6-4-5-7-15(12)18(2)11-13-10-14(17)8-9-16(13)19-3/h4-10H,11H2,1-3H3. The Morgan fingerprint density at radius 3 is 2.58 bits per heavy atom. The zero-order valence-electron chi connectivity index (χ0n) is 11.5. The van der Waals surface area contributed by atoms with E-state index in [2.05, 4.69) is 65.1 Å². The van der Waals surface area contributed by atoms with Gasteiger partial charge in [-0.2, -0.15) is 0 Å². The predicted molar refractivity (Wildman–Crippen MR) is 84.0 cm³/mol. The molecule has 0 fully saturated rings. The van der Waals surface area contributed by atoms with Crippen LogP contribution >= 0.6 is 15.9 Å². The molecule has 0 saturated carbocycles. The highest BCUT2D eigenvalue weighted by molar-refractivity contribution is 9.10. The van der Waals surface area contributed by atoms with Crippen LogP contribution in [0.25, 0.3) is 0 Å². The quantitative estimate of drug-likeness (QED) is 0.828. The van der Waals surface area contributed by atoms with Crippen molar-refractivity contribution in [3.05, 3.63) is 58.1 Å². The molecular formula is C16H18BrNO. The number of nitrogens with zero attached hydrogens (tertiary/aromatic N) is 1. The fraction of sp³-hybridized carbons (Fsp3) is 0.250. The Balaban J connectivity index is 2.26. The topological polar surface area (TPSA) is 12.5 Å². The van der Waals surface area contributed by atoms with Crippen LogP contribution in [0, 0.1) is 6.92 Å². The van der Waals surface area contributed by atoms with Gasteiger partial charge in [-0.3, -0.25) is 0 Å². The summed E-state index contributed by atoms with van der Waals surface area (Å²) in [7, 11) is 3.81. The van der Waals surface area contributed by atoms with Crippen molar-refractivity contribution < 1.29 is 4.74 Å². The Hall–Kier alpha value is -1.48. The summed E-state index contributed by atoms with van der Waals surface area (Å²) in [6, 6.07) is 14.5. The van der Waals surface area contributed by atoms with E-state index < -0.39 is 0 Å². The molecule has 3 heteroatoms. The Labute approximate surface area is 123 Å². The smallest absolute Gasteiger partial charge is 0.123 e. The van der Waals surface area contributed by atoms with Crippen LogP contribution in [0.5, 0.6) is 5.75 Å². The molecule has 0 bridgehead atoms. The lowest BCUT2D eigenvalue weighted by atomic mass is 10.1. The number of rotatable bonds is 4. The number of methoxy groups -OCH3 is 1. The Morgan fingerprint density at radius 1 is 1.16 bits per heavy atom. The number of aryl methyl sites for hydroxylation is 1. The lowest BCUT2D eigenvalue weighted by Gasteiger charge is -2.22. The van der Waals surface area contributed by atoms with E-state index in [0.29, 0.717) is 0 Å². The Bertz CT molecular complexity index is 568. The van der Waals surface area contributed by atoms with E-state index in [1.54, 1.807) is 7.11 Å². The van der Waals surface area contributed by atoms with Crippen molar-refractivity contribution >= 4 is 21.6 Å². The molecule has 0 heterocycles. The van der Waals surface area contributed by atoms with Crippen molar-refractivity contribution in [2.24, 2.45) is 0 Å². The molecule has 19 heavy (non-hydrogen) atoms. The SMILES string of the molecule is COc1ccc(Br)cc1CN(C)c1ccccc1C. The lowest BCUT2D eigenvalue weighted by molar-refractivity contribution is 0.409. The summed E-state index contributed by atoms with van der Waals surface area (Å²) in [6.45, 7) is 2.94. The highest BCUT2D eigenvalue weighted by atomic mass is 79.9. The summed E-state index contributed by atoms with van der Waals surface area (Å²) in [5, 5.41) is 0. The molecule has 0 unspecified atom stereocenters. The van der Waals surface area contributed by atoms with E-state index in [-0.39, 0.29) is 0 Å². The monoisotopic (exact) mass is 319 g/mol. The first-order chi connectivity index (χ1) is 9.11. The summed E-state index contributed by atoms with van der Waals surface area (Å²) in [5.41, 5.74) is 3.69. The normalized spacial score (nSPS) is 10.3. The van der Waals surface area contributed by atoms with Crippen LogP contribution in [0.2, 0.25) is 0 Å². The van der Waals surface area contributed by atoms with Gasteiger partial charge in [-0.1, -0.05) is 34.1 Å². The third-order valence-corrected chi connectivity index (χ3v) is 3.67. The maximum Gasteiger partial charge on any atom is 0.123 e. The molecule has 2 rings (SSSR count). The number of ether oxygens (including phenoxy) is 1. The molecule has 2 aromatic rings. The minimum Gasteiger partial charge on any atom is -0.496 e. The molecule has 100 valence electrons. The van der Waals surface area contributed by atoms with Gasteiger partial charge in [-0.25, -0.2) is 0 Å². The minimum absolute atomic E-state index is 0.813. The van der Waals surface area contributed by atoms with Gasteiger partial charge in [0.1, 0.15) is 5.75 Å². The molecule has 0 aliphatic rings. The maximum atomic E-state index is 5.42. The lowest BCUT2D eigenvalue weighted by Crippen LogP contribution is -2.17. The maximum absolute atomic E-state index is 5.42. The summed E-state index contributed by atoms with van der Waals surface area (Å²) in [4.78, 5) is 2.24. The van der Waals surface area contributed by atoms with Crippen LogP contribution in [0.15, 0.2) is 46.9 Å². The molecule has 0 amide bonds. The van der Waals surface area contributed by atoms with Crippen molar-refractivity contribution in [1.29, 1.82) is 0 Å². The third kappa shape index (κ3) is 3.29. The third-order valence-electron chi connectivity index (χ3n) is 3.18. The highest BCUT2D eigenvalue weighted by Gasteiger charge is 2.09. The number of benzene rings is 2. The molecule has 0 radical (unpaired) electrons. The molecule has 0 N–H and O–H groups in total. The second kappa shape index (κ2) is 6.11. The fourth-order valence-electron chi connectivity index (χ4n) is 2.20. The first kappa shape index (κ1) is 13.9. The van der Waals surface area contributed by atoms with Crippen LogP contribution < -0.4 is 9.64 Å². The molecule has 0 aliphatic carbocycles. The predicted octanol–water partition coefficient (Wildman–Crippen LogP) is 4.40. The van der Waals surface area contributed by atoms with E-state index in [0.717, 1.165) is 16.8 Å². The molecule has 0 aliphatic heterocycles. The van der Waals surface area contributed by atoms with Gasteiger partial charge in [-0.05, 0) is 36.8 Å². The minimum atomic E-state index is 0.813. The molecule has 2 nitrogen and oxygen atoms in total. The van der Waals surface area contributed by atoms with E-state index in [1.165, 1.54) is 16.8 Å². The van der Waals surface area contributed by atoms with Gasteiger partial charge in [0.15, 0.2) is 0 Å². The number of para-hydroxylation sites is 1. The van der Waals surface area contributed by atoms with Gasteiger partial charge in [-0.15, -0.1) is 0 Å². The second-order valence-electron chi connectivity index (χ2n) is 4.60. The zero-order chi connectivity index (χ0) is 13.8. The van der Waals surface area contributed by atoms with Crippen molar-refractivity contribution in [2.45, 2.75) is 13.5 Å². The summed E-state index contributed by atoms with van der Waals surface area (Å²) >= 11 is 3.51. The van der Waals surface area contributed by atoms with Crippen LogP contribution in [-0.2, 0) is 6.54 Å². The number of hydrogen-bond acceptors (Lipinski definition) is 2. The molecule has 0 saturated heterocycles. The Morgan fingerprint density at radius 2 is 1.89 bits per heavy atom. The molecule has 0 aromatic heterocycles. The van der Waals surface area contributed by atoms with Gasteiger partial charge in [0.25, 0.3) is 0 Å². The van der Waals surface area contributed by atoms with Crippen molar-refractivity contribution in [1.82, 2.24) is 0 Å². The van der Waals surface area contributed by atoms with Crippen LogP contribution in [0.4, 0.5) is 5.69 Å². The van der Waals surface area contributed by atoms with E-state index in [4.69, 9.17) is 4.74 Å². The van der Waals surface area contributed by atoms with Gasteiger partial charge < -0.3 is 9.64 Å². The van der Waals surface area contributed by atoms with E-state index in [9.17, 15) is 0 Å². The second-order valence-corrected chi connectivity index (χ2v) is 5.51. The van der Waals surface area contributed by atoms with Crippen molar-refractivity contribution in [3.8, 4) is 5.75 Å². The van der Waals surface area contributed by atoms with Crippen LogP contribution in [-0.4, -0.2) is 14.2 Å².